The zero-order valence-corrected chi connectivity index (χ0v) is 18.5. The fraction of sp³-hybridized carbons (Fsp3) is 0.238. The number of nitrogens with zero attached hydrogens (tertiary/aromatic N) is 3. The van der Waals surface area contributed by atoms with Crippen LogP contribution in [0.25, 0.3) is 11.3 Å². The van der Waals surface area contributed by atoms with Gasteiger partial charge < -0.3 is 10.3 Å². The number of carbonyl (C=O) groups is 1. The number of aromatic nitrogens is 1. The Balaban J connectivity index is 1.94. The van der Waals surface area contributed by atoms with Gasteiger partial charge in [-0.3, -0.25) is 4.79 Å². The predicted molar refractivity (Wildman–Crippen MR) is 120 cm³/mol. The number of nitrogens with two attached hydrogens (primary N) is 1. The molecule has 1 aromatic heterocycles. The standard InChI is InChI=1S/C21H24N4O3S2/c1-24(30(2,27)28)13-6-14-25-19(16-7-4-3-5-8-16)15-29-21(25)23-18-11-9-17(10-12-18)20(22)26/h3-5,7-12,15H,6,13-14H2,1-2H3,(H2,22,26). The third kappa shape index (κ3) is 5.44. The number of carbonyl (C=O) groups excluding carboxylic acids is 1. The molecule has 0 aliphatic carbocycles. The average Bonchev–Trinajstić information content (AvgIpc) is 3.10. The highest BCUT2D eigenvalue weighted by molar-refractivity contribution is 7.88. The third-order valence-corrected chi connectivity index (χ3v) is 6.84. The van der Waals surface area contributed by atoms with Crippen molar-refractivity contribution in [2.75, 3.05) is 19.8 Å². The Bertz CT molecular complexity index is 1180. The van der Waals surface area contributed by atoms with Crippen LogP contribution in [0, 0.1) is 0 Å². The zero-order valence-electron chi connectivity index (χ0n) is 16.9. The molecule has 158 valence electrons. The highest BCUT2D eigenvalue weighted by Gasteiger charge is 2.12. The van der Waals surface area contributed by atoms with Gasteiger partial charge in [-0.05, 0) is 36.2 Å². The lowest BCUT2D eigenvalue weighted by molar-refractivity contribution is 0.100. The number of primary amides is 1. The van der Waals surface area contributed by atoms with E-state index in [1.807, 2.05) is 35.7 Å². The second-order valence-corrected chi connectivity index (χ2v) is 9.81. The molecule has 9 heteroatoms. The Morgan fingerprint density at radius 2 is 1.80 bits per heavy atom. The minimum Gasteiger partial charge on any atom is -0.366 e. The van der Waals surface area contributed by atoms with E-state index < -0.39 is 15.9 Å². The maximum absolute atomic E-state index is 11.7. The van der Waals surface area contributed by atoms with Crippen LogP contribution in [0.15, 0.2) is 65.0 Å². The van der Waals surface area contributed by atoms with E-state index in [9.17, 15) is 13.2 Å². The Morgan fingerprint density at radius 3 is 2.40 bits per heavy atom. The summed E-state index contributed by atoms with van der Waals surface area (Å²) in [5.41, 5.74) is 8.53. The van der Waals surface area contributed by atoms with E-state index in [4.69, 9.17) is 10.7 Å². The summed E-state index contributed by atoms with van der Waals surface area (Å²) in [5.74, 6) is -0.478. The fourth-order valence-electron chi connectivity index (χ4n) is 2.90. The number of thiazole rings is 1. The first-order valence-corrected chi connectivity index (χ1v) is 12.1. The molecule has 1 amide bonds. The summed E-state index contributed by atoms with van der Waals surface area (Å²) in [7, 11) is -1.63. The minimum atomic E-state index is -3.21. The highest BCUT2D eigenvalue weighted by Crippen LogP contribution is 2.21. The number of amides is 1. The van der Waals surface area contributed by atoms with E-state index in [2.05, 4.69) is 4.57 Å². The van der Waals surface area contributed by atoms with Crippen LogP contribution in [0.3, 0.4) is 0 Å². The number of hydrogen-bond donors (Lipinski definition) is 1. The summed E-state index contributed by atoms with van der Waals surface area (Å²) >= 11 is 1.51. The maximum Gasteiger partial charge on any atom is 0.248 e. The minimum absolute atomic E-state index is 0.419. The van der Waals surface area contributed by atoms with Crippen molar-refractivity contribution in [3.63, 3.8) is 0 Å². The van der Waals surface area contributed by atoms with Crippen LogP contribution < -0.4 is 10.5 Å². The van der Waals surface area contributed by atoms with Gasteiger partial charge in [0.05, 0.1) is 17.6 Å². The maximum atomic E-state index is 11.7. The van der Waals surface area contributed by atoms with Gasteiger partial charge in [0.15, 0.2) is 4.80 Å². The molecule has 30 heavy (non-hydrogen) atoms. The lowest BCUT2D eigenvalue weighted by Gasteiger charge is -2.15. The lowest BCUT2D eigenvalue weighted by Crippen LogP contribution is -2.28. The molecule has 7 nitrogen and oxygen atoms in total. The summed E-state index contributed by atoms with van der Waals surface area (Å²) in [4.78, 5) is 16.8. The van der Waals surface area contributed by atoms with Crippen molar-refractivity contribution in [1.29, 1.82) is 0 Å². The molecule has 0 radical (unpaired) electrons. The van der Waals surface area contributed by atoms with Crippen molar-refractivity contribution in [3.05, 3.63) is 70.3 Å². The largest absolute Gasteiger partial charge is 0.366 e. The number of hydrogen-bond acceptors (Lipinski definition) is 5. The average molecular weight is 445 g/mol. The van der Waals surface area contributed by atoms with Crippen molar-refractivity contribution in [2.24, 2.45) is 10.7 Å². The highest BCUT2D eigenvalue weighted by atomic mass is 32.2. The van der Waals surface area contributed by atoms with Crippen molar-refractivity contribution in [3.8, 4) is 11.3 Å². The number of benzene rings is 2. The molecule has 3 rings (SSSR count). The summed E-state index contributed by atoms with van der Waals surface area (Å²) in [6, 6.07) is 16.8. The SMILES string of the molecule is CN(CCCn1c(-c2ccccc2)csc1=Nc1ccc(C(N)=O)cc1)S(C)(=O)=O. The van der Waals surface area contributed by atoms with E-state index in [-0.39, 0.29) is 0 Å². The first kappa shape index (κ1) is 21.9. The summed E-state index contributed by atoms with van der Waals surface area (Å²) in [6.07, 6.45) is 1.85. The molecular formula is C21H24N4O3S2. The molecule has 0 aliphatic heterocycles. The van der Waals surface area contributed by atoms with Gasteiger partial charge >= 0.3 is 0 Å². The molecule has 0 saturated heterocycles. The van der Waals surface area contributed by atoms with Crippen molar-refractivity contribution in [2.45, 2.75) is 13.0 Å². The van der Waals surface area contributed by atoms with Gasteiger partial charge in [-0.1, -0.05) is 30.3 Å². The Morgan fingerprint density at radius 1 is 1.13 bits per heavy atom. The van der Waals surface area contributed by atoms with E-state index in [1.54, 1.807) is 31.3 Å². The topological polar surface area (TPSA) is 97.8 Å². The fourth-order valence-corrected chi connectivity index (χ4v) is 4.32. The van der Waals surface area contributed by atoms with Crippen LogP contribution in [-0.4, -0.2) is 43.0 Å². The predicted octanol–water partition coefficient (Wildman–Crippen LogP) is 2.83. The smallest absolute Gasteiger partial charge is 0.248 e. The third-order valence-electron chi connectivity index (χ3n) is 4.66. The van der Waals surface area contributed by atoms with E-state index in [1.165, 1.54) is 21.9 Å². The van der Waals surface area contributed by atoms with Gasteiger partial charge in [0, 0.05) is 31.1 Å². The molecule has 0 saturated carbocycles. The number of sulfonamides is 1. The van der Waals surface area contributed by atoms with Gasteiger partial charge in [-0.2, -0.15) is 0 Å². The molecule has 1 heterocycles. The first-order valence-electron chi connectivity index (χ1n) is 9.35. The normalized spacial score (nSPS) is 12.4. The summed E-state index contributed by atoms with van der Waals surface area (Å²) in [5, 5.41) is 2.05. The van der Waals surface area contributed by atoms with Crippen molar-refractivity contribution < 1.29 is 13.2 Å². The summed E-state index contributed by atoms with van der Waals surface area (Å²) in [6.45, 7) is 1.04. The molecule has 2 N–H and O–H groups in total. The van der Waals surface area contributed by atoms with Gasteiger partial charge in [0.25, 0.3) is 0 Å². The van der Waals surface area contributed by atoms with Gasteiger partial charge in [0.2, 0.25) is 15.9 Å². The van der Waals surface area contributed by atoms with Gasteiger partial charge in [-0.15, -0.1) is 11.3 Å². The molecule has 2 aromatic carbocycles. The molecular weight excluding hydrogens is 420 g/mol. The zero-order chi connectivity index (χ0) is 21.7. The van der Waals surface area contributed by atoms with Crippen LogP contribution in [0.4, 0.5) is 5.69 Å². The second kappa shape index (κ2) is 9.38. The van der Waals surface area contributed by atoms with E-state index in [0.29, 0.717) is 30.8 Å². The Hall–Kier alpha value is -2.75. The first-order chi connectivity index (χ1) is 14.3. The molecule has 3 aromatic rings. The molecule has 0 unspecified atom stereocenters. The van der Waals surface area contributed by atoms with Crippen molar-refractivity contribution >= 4 is 33.0 Å². The van der Waals surface area contributed by atoms with Gasteiger partial charge in [0.1, 0.15) is 0 Å². The van der Waals surface area contributed by atoms with Crippen LogP contribution in [0.5, 0.6) is 0 Å². The molecule has 0 spiro atoms. The molecule has 0 atom stereocenters. The van der Waals surface area contributed by atoms with E-state index in [0.717, 1.165) is 16.1 Å². The van der Waals surface area contributed by atoms with Crippen LogP contribution in [0.1, 0.15) is 16.8 Å². The van der Waals surface area contributed by atoms with Crippen molar-refractivity contribution in [1.82, 2.24) is 8.87 Å². The van der Waals surface area contributed by atoms with Gasteiger partial charge in [-0.25, -0.2) is 17.7 Å². The summed E-state index contributed by atoms with van der Waals surface area (Å²) < 4.78 is 26.8. The Kier molecular flexibility index (Phi) is 6.86. The van der Waals surface area contributed by atoms with Crippen LogP contribution in [-0.2, 0) is 16.6 Å². The van der Waals surface area contributed by atoms with Crippen LogP contribution in [0.2, 0.25) is 0 Å². The van der Waals surface area contributed by atoms with Crippen LogP contribution >= 0.6 is 11.3 Å². The quantitative estimate of drug-likeness (QED) is 0.578. The number of rotatable bonds is 8. The lowest BCUT2D eigenvalue weighted by atomic mass is 10.2. The molecule has 0 bridgehead atoms. The molecule has 0 fully saturated rings. The monoisotopic (exact) mass is 444 g/mol. The molecule has 0 aliphatic rings. The van der Waals surface area contributed by atoms with E-state index >= 15 is 0 Å². The second-order valence-electron chi connectivity index (χ2n) is 6.88. The Labute approximate surface area is 180 Å².